The first-order chi connectivity index (χ1) is 6.93. The van der Waals surface area contributed by atoms with E-state index in [1.807, 2.05) is 0 Å². The third-order valence-electron chi connectivity index (χ3n) is 5.30. The van der Waals surface area contributed by atoms with E-state index in [1.165, 1.54) is 25.7 Å². The lowest BCUT2D eigenvalue weighted by Gasteiger charge is -2.55. The van der Waals surface area contributed by atoms with Gasteiger partial charge in [0.25, 0.3) is 0 Å². The van der Waals surface area contributed by atoms with Gasteiger partial charge in [0, 0.05) is 0 Å². The molecule has 0 radical (unpaired) electrons. The van der Waals surface area contributed by atoms with Gasteiger partial charge in [-0.1, -0.05) is 24.3 Å². The van der Waals surface area contributed by atoms with Gasteiger partial charge in [0.05, 0.1) is 0 Å². The highest BCUT2D eigenvalue weighted by atomic mass is 14.5. The Bertz CT molecular complexity index is 252. The molecule has 0 amide bonds. The van der Waals surface area contributed by atoms with Crippen LogP contribution in [0.4, 0.5) is 0 Å². The topological polar surface area (TPSA) is 0 Å². The van der Waals surface area contributed by atoms with Crippen LogP contribution in [0.1, 0.15) is 25.7 Å². The lowest BCUT2D eigenvalue weighted by Crippen LogP contribution is -2.48. The molecule has 0 aliphatic heterocycles. The van der Waals surface area contributed by atoms with Crippen LogP contribution in [0.15, 0.2) is 24.3 Å². The molecule has 6 rings (SSSR count). The normalized spacial score (nSPS) is 57.7. The molecule has 0 heteroatoms. The highest BCUT2D eigenvalue weighted by molar-refractivity contribution is 5.20. The first-order valence-corrected chi connectivity index (χ1v) is 6.30. The predicted octanol–water partition coefficient (Wildman–Crippen LogP) is 3.41. The minimum absolute atomic E-state index is 0.947. The summed E-state index contributed by atoms with van der Waals surface area (Å²) >= 11 is 0. The van der Waals surface area contributed by atoms with E-state index in [-0.39, 0.29) is 0 Å². The van der Waals surface area contributed by atoms with Gasteiger partial charge in [0.15, 0.2) is 0 Å². The third kappa shape index (κ3) is 0.809. The number of rotatable bonds is 0. The number of hydrogen-bond donors (Lipinski definition) is 0. The zero-order valence-electron chi connectivity index (χ0n) is 8.60. The second-order valence-electron chi connectivity index (χ2n) is 5.73. The van der Waals surface area contributed by atoms with Crippen molar-refractivity contribution in [2.24, 2.45) is 35.5 Å². The van der Waals surface area contributed by atoms with Crippen molar-refractivity contribution in [3.63, 3.8) is 0 Å². The van der Waals surface area contributed by atoms with Gasteiger partial charge in [-0.15, -0.1) is 0 Å². The monoisotopic (exact) mass is 186 g/mol. The van der Waals surface area contributed by atoms with E-state index >= 15 is 0 Å². The molecule has 0 saturated heterocycles. The molecule has 0 aromatic carbocycles. The molecule has 14 heavy (non-hydrogen) atoms. The lowest BCUT2D eigenvalue weighted by atomic mass is 9.49. The van der Waals surface area contributed by atoms with Crippen molar-refractivity contribution >= 4 is 0 Å². The van der Waals surface area contributed by atoms with Gasteiger partial charge >= 0.3 is 0 Å². The lowest BCUT2D eigenvalue weighted by molar-refractivity contribution is 0.00762. The van der Waals surface area contributed by atoms with Crippen molar-refractivity contribution in [3.8, 4) is 0 Å². The zero-order valence-corrected chi connectivity index (χ0v) is 8.60. The van der Waals surface area contributed by atoms with Gasteiger partial charge in [-0.25, -0.2) is 0 Å². The summed E-state index contributed by atoms with van der Waals surface area (Å²) in [5.41, 5.74) is 0. The smallest absolute Gasteiger partial charge is 0.0196 e. The second kappa shape index (κ2) is 2.53. The maximum Gasteiger partial charge on any atom is -0.0196 e. The van der Waals surface area contributed by atoms with Crippen LogP contribution in [-0.2, 0) is 0 Å². The Morgan fingerprint density at radius 1 is 0.500 bits per heavy atom. The molecule has 6 aliphatic rings. The largest absolute Gasteiger partial charge is 0.0848 e. The Hall–Kier alpha value is -0.520. The van der Waals surface area contributed by atoms with Crippen molar-refractivity contribution < 1.29 is 0 Å². The standard InChI is InChI=1S/C14H18/c1-2-10-4-3-9(1)13-11-5-7-12(8-6-11)14(10)13/h1-2,5,7,9-14H,3-4,6,8H2. The summed E-state index contributed by atoms with van der Waals surface area (Å²) in [4.78, 5) is 0. The quantitative estimate of drug-likeness (QED) is 0.509. The summed E-state index contributed by atoms with van der Waals surface area (Å²) in [7, 11) is 0. The van der Waals surface area contributed by atoms with Gasteiger partial charge in [-0.3, -0.25) is 0 Å². The summed E-state index contributed by atoms with van der Waals surface area (Å²) in [5, 5.41) is 0. The van der Waals surface area contributed by atoms with Crippen molar-refractivity contribution in [1.82, 2.24) is 0 Å². The Labute approximate surface area is 86.1 Å². The average molecular weight is 186 g/mol. The number of fused-ring (bicyclic) bond motifs is 2. The molecular formula is C14H18. The van der Waals surface area contributed by atoms with Crippen LogP contribution in [0.25, 0.3) is 0 Å². The fraction of sp³-hybridized carbons (Fsp3) is 0.714. The number of allylic oxidation sites excluding steroid dienone is 4. The van der Waals surface area contributed by atoms with Crippen LogP contribution >= 0.6 is 0 Å². The van der Waals surface area contributed by atoms with Gasteiger partial charge in [-0.05, 0) is 61.2 Å². The minimum Gasteiger partial charge on any atom is -0.0848 e. The van der Waals surface area contributed by atoms with Crippen LogP contribution in [-0.4, -0.2) is 0 Å². The molecule has 74 valence electrons. The maximum absolute atomic E-state index is 2.55. The average Bonchev–Trinajstić information content (AvgIpc) is 2.32. The fourth-order valence-electron chi connectivity index (χ4n) is 4.79. The number of hydrogen-bond acceptors (Lipinski definition) is 0. The molecule has 0 aromatic heterocycles. The zero-order chi connectivity index (χ0) is 9.12. The molecule has 6 aliphatic carbocycles. The SMILES string of the molecule is C1=CC2CCC1C1C3C=CC(CC3)C21. The second-order valence-corrected chi connectivity index (χ2v) is 5.73. The molecule has 0 aromatic rings. The highest BCUT2D eigenvalue weighted by Gasteiger charge is 2.50. The van der Waals surface area contributed by atoms with Crippen molar-refractivity contribution in [2.45, 2.75) is 25.7 Å². The van der Waals surface area contributed by atoms with Crippen molar-refractivity contribution in [3.05, 3.63) is 24.3 Å². The summed E-state index contributed by atoms with van der Waals surface area (Å²) in [6, 6.07) is 0. The molecule has 0 nitrogen and oxygen atoms in total. The molecule has 4 unspecified atom stereocenters. The maximum atomic E-state index is 2.55. The summed E-state index contributed by atoms with van der Waals surface area (Å²) in [5.74, 6) is 5.88. The Morgan fingerprint density at radius 2 is 0.786 bits per heavy atom. The summed E-state index contributed by atoms with van der Waals surface area (Å²) in [6.07, 6.45) is 16.1. The molecule has 2 fully saturated rings. The predicted molar refractivity (Wildman–Crippen MR) is 57.7 cm³/mol. The van der Waals surface area contributed by atoms with Gasteiger partial charge in [0.2, 0.25) is 0 Å². The molecule has 0 N–H and O–H groups in total. The Balaban J connectivity index is 1.82. The Morgan fingerprint density at radius 3 is 1.00 bits per heavy atom. The first-order valence-electron chi connectivity index (χ1n) is 6.30. The van der Waals surface area contributed by atoms with Gasteiger partial charge in [-0.2, -0.15) is 0 Å². The third-order valence-corrected chi connectivity index (χ3v) is 5.30. The fourth-order valence-corrected chi connectivity index (χ4v) is 4.79. The molecule has 4 bridgehead atoms. The van der Waals surface area contributed by atoms with E-state index in [0.717, 1.165) is 35.5 Å². The molecule has 2 saturated carbocycles. The van der Waals surface area contributed by atoms with E-state index < -0.39 is 0 Å². The van der Waals surface area contributed by atoms with Crippen molar-refractivity contribution in [1.29, 1.82) is 0 Å². The molecular weight excluding hydrogens is 168 g/mol. The van der Waals surface area contributed by atoms with E-state index in [2.05, 4.69) is 24.3 Å². The summed E-state index contributed by atoms with van der Waals surface area (Å²) in [6.45, 7) is 0. The highest BCUT2D eigenvalue weighted by Crippen LogP contribution is 2.58. The van der Waals surface area contributed by atoms with E-state index in [0.29, 0.717) is 0 Å². The Kier molecular flexibility index (Phi) is 1.40. The van der Waals surface area contributed by atoms with Gasteiger partial charge < -0.3 is 0 Å². The van der Waals surface area contributed by atoms with E-state index in [1.54, 1.807) is 0 Å². The molecule has 0 spiro atoms. The van der Waals surface area contributed by atoms with Crippen LogP contribution in [0.2, 0.25) is 0 Å². The summed E-state index contributed by atoms with van der Waals surface area (Å²) < 4.78 is 0. The van der Waals surface area contributed by atoms with Crippen LogP contribution in [0.5, 0.6) is 0 Å². The van der Waals surface area contributed by atoms with Crippen LogP contribution in [0.3, 0.4) is 0 Å². The minimum atomic E-state index is 0.947. The molecule has 4 atom stereocenters. The first kappa shape index (κ1) is 7.73. The van der Waals surface area contributed by atoms with E-state index in [9.17, 15) is 0 Å². The van der Waals surface area contributed by atoms with Crippen LogP contribution in [0, 0.1) is 35.5 Å². The van der Waals surface area contributed by atoms with Gasteiger partial charge in [0.1, 0.15) is 0 Å². The van der Waals surface area contributed by atoms with E-state index in [4.69, 9.17) is 0 Å². The molecule has 0 heterocycles. The van der Waals surface area contributed by atoms with Crippen molar-refractivity contribution in [2.75, 3.05) is 0 Å². The van der Waals surface area contributed by atoms with Crippen LogP contribution < -0.4 is 0 Å².